The molecule has 1 aromatic carbocycles. The van der Waals surface area contributed by atoms with Crippen molar-refractivity contribution in [1.82, 2.24) is 4.90 Å². The number of imide groups is 1. The van der Waals surface area contributed by atoms with Crippen molar-refractivity contribution in [3.05, 3.63) is 29.8 Å². The van der Waals surface area contributed by atoms with Gasteiger partial charge in [-0.05, 0) is 38.3 Å². The molecule has 2 amide bonds. The highest BCUT2D eigenvalue weighted by Gasteiger charge is 2.31. The van der Waals surface area contributed by atoms with Crippen LogP contribution in [0.4, 0.5) is 0 Å². The summed E-state index contributed by atoms with van der Waals surface area (Å²) in [7, 11) is -3.59. The lowest BCUT2D eigenvalue weighted by atomic mass is 10.1. The summed E-state index contributed by atoms with van der Waals surface area (Å²) in [4.78, 5) is 25.9. The summed E-state index contributed by atoms with van der Waals surface area (Å²) in [5, 5.41) is -0.557. The fourth-order valence-corrected chi connectivity index (χ4v) is 4.55. The van der Waals surface area contributed by atoms with Gasteiger partial charge in [0.1, 0.15) is 0 Å². The van der Waals surface area contributed by atoms with Crippen molar-refractivity contribution >= 4 is 21.7 Å². The van der Waals surface area contributed by atoms with Crippen molar-refractivity contribution in [1.29, 1.82) is 0 Å². The van der Waals surface area contributed by atoms with Crippen molar-refractivity contribution in [2.24, 2.45) is 0 Å². The number of carbonyl (C=O) groups is 2. The number of piperidine rings is 1. The van der Waals surface area contributed by atoms with Crippen molar-refractivity contribution in [2.45, 2.75) is 56.1 Å². The third-order valence-electron chi connectivity index (χ3n) is 4.22. The fraction of sp³-hybridized carbons (Fsp3) is 0.529. The quantitative estimate of drug-likeness (QED) is 0.775. The van der Waals surface area contributed by atoms with E-state index in [2.05, 4.69) is 0 Å². The number of hydrogen-bond acceptors (Lipinski definition) is 4. The van der Waals surface area contributed by atoms with Crippen LogP contribution in [0, 0.1) is 0 Å². The summed E-state index contributed by atoms with van der Waals surface area (Å²) in [5.41, 5.74) is 0.103. The highest BCUT2D eigenvalue weighted by molar-refractivity contribution is 7.92. The largest absolute Gasteiger partial charge is 0.278 e. The average molecular weight is 337 g/mol. The summed E-state index contributed by atoms with van der Waals surface area (Å²) in [6, 6.07) is 6.20. The molecular formula is C17H23NO4S. The second kappa shape index (κ2) is 7.25. The van der Waals surface area contributed by atoms with Crippen LogP contribution in [0.25, 0.3) is 0 Å². The van der Waals surface area contributed by atoms with Crippen molar-refractivity contribution in [2.75, 3.05) is 6.54 Å². The van der Waals surface area contributed by atoms with Crippen LogP contribution in [0.5, 0.6) is 0 Å². The number of benzene rings is 1. The number of amides is 2. The van der Waals surface area contributed by atoms with Gasteiger partial charge in [-0.15, -0.1) is 0 Å². The zero-order valence-corrected chi connectivity index (χ0v) is 14.4. The Morgan fingerprint density at radius 3 is 2.61 bits per heavy atom. The minimum absolute atomic E-state index is 0.0318. The standard InChI is InChI=1S/C17H23NO4S/c1-3-8-13(2)23(21,22)15-10-5-4-9-14(15)17(20)18-12-7-6-11-16(18)19/h4-5,9-10,13H,3,6-8,11-12H2,1-2H3. The van der Waals surface area contributed by atoms with Gasteiger partial charge >= 0.3 is 0 Å². The number of likely N-dealkylation sites (tertiary alicyclic amines) is 1. The van der Waals surface area contributed by atoms with Crippen LogP contribution in [-0.4, -0.2) is 36.9 Å². The van der Waals surface area contributed by atoms with Crippen molar-refractivity contribution < 1.29 is 18.0 Å². The molecule has 5 nitrogen and oxygen atoms in total. The third-order valence-corrected chi connectivity index (χ3v) is 6.48. The summed E-state index contributed by atoms with van der Waals surface area (Å²) in [6.07, 6.45) is 3.16. The van der Waals surface area contributed by atoms with E-state index in [-0.39, 0.29) is 16.4 Å². The predicted octanol–water partition coefficient (Wildman–Crippen LogP) is 2.80. The maximum atomic E-state index is 12.8. The van der Waals surface area contributed by atoms with Gasteiger partial charge in [-0.1, -0.05) is 25.5 Å². The fourth-order valence-electron chi connectivity index (χ4n) is 2.84. The first-order chi connectivity index (χ1) is 10.9. The molecule has 23 heavy (non-hydrogen) atoms. The SMILES string of the molecule is CCCC(C)S(=O)(=O)c1ccccc1C(=O)N1CCCCC1=O. The number of carbonyl (C=O) groups excluding carboxylic acids is 2. The molecule has 0 aliphatic carbocycles. The first kappa shape index (κ1) is 17.7. The molecule has 1 aromatic rings. The van der Waals surface area contributed by atoms with Gasteiger partial charge in [-0.3, -0.25) is 14.5 Å². The topological polar surface area (TPSA) is 71.5 Å². The Morgan fingerprint density at radius 1 is 1.26 bits per heavy atom. The zero-order chi connectivity index (χ0) is 17.0. The first-order valence-electron chi connectivity index (χ1n) is 8.07. The lowest BCUT2D eigenvalue weighted by molar-refractivity contribution is -0.130. The van der Waals surface area contributed by atoms with E-state index < -0.39 is 21.0 Å². The molecule has 0 aromatic heterocycles. The molecule has 1 atom stereocenters. The second-order valence-electron chi connectivity index (χ2n) is 5.95. The maximum Gasteiger partial charge on any atom is 0.261 e. The molecule has 126 valence electrons. The third kappa shape index (κ3) is 3.63. The zero-order valence-electron chi connectivity index (χ0n) is 13.6. The highest BCUT2D eigenvalue weighted by Crippen LogP contribution is 2.25. The number of rotatable bonds is 5. The number of hydrogen-bond donors (Lipinski definition) is 0. The molecule has 1 aliphatic heterocycles. The summed E-state index contributed by atoms with van der Waals surface area (Å²) >= 11 is 0. The molecule has 6 heteroatoms. The van der Waals surface area contributed by atoms with Crippen LogP contribution in [0.3, 0.4) is 0 Å². The van der Waals surface area contributed by atoms with Crippen LogP contribution in [0.2, 0.25) is 0 Å². The van der Waals surface area contributed by atoms with Crippen LogP contribution in [-0.2, 0) is 14.6 Å². The summed E-state index contributed by atoms with van der Waals surface area (Å²) in [5.74, 6) is -0.729. The molecular weight excluding hydrogens is 314 g/mol. The Labute approximate surface area is 137 Å². The van der Waals surface area contributed by atoms with E-state index in [9.17, 15) is 18.0 Å². The number of nitrogens with zero attached hydrogens (tertiary/aromatic N) is 1. The van der Waals surface area contributed by atoms with Crippen LogP contribution in [0.15, 0.2) is 29.2 Å². The van der Waals surface area contributed by atoms with Crippen LogP contribution < -0.4 is 0 Å². The van der Waals surface area contributed by atoms with Gasteiger partial charge in [0, 0.05) is 13.0 Å². The van der Waals surface area contributed by atoms with Crippen molar-refractivity contribution in [3.8, 4) is 0 Å². The lowest BCUT2D eigenvalue weighted by Gasteiger charge is -2.26. The lowest BCUT2D eigenvalue weighted by Crippen LogP contribution is -2.41. The molecule has 2 rings (SSSR count). The Morgan fingerprint density at radius 2 is 1.96 bits per heavy atom. The average Bonchev–Trinajstić information content (AvgIpc) is 2.55. The van der Waals surface area contributed by atoms with E-state index >= 15 is 0 Å². The maximum absolute atomic E-state index is 12.8. The molecule has 1 heterocycles. The monoisotopic (exact) mass is 337 g/mol. The second-order valence-corrected chi connectivity index (χ2v) is 8.28. The minimum Gasteiger partial charge on any atom is -0.278 e. The molecule has 1 saturated heterocycles. The molecule has 0 bridgehead atoms. The normalized spacial score (nSPS) is 17.1. The van der Waals surface area contributed by atoms with Gasteiger partial charge in [-0.2, -0.15) is 0 Å². The first-order valence-corrected chi connectivity index (χ1v) is 9.61. The number of sulfone groups is 1. The Bertz CT molecular complexity index is 696. The van der Waals surface area contributed by atoms with Crippen LogP contribution in [0.1, 0.15) is 56.3 Å². The van der Waals surface area contributed by atoms with Gasteiger partial charge in [0.05, 0.1) is 15.7 Å². The van der Waals surface area contributed by atoms with E-state index in [1.807, 2.05) is 6.92 Å². The highest BCUT2D eigenvalue weighted by atomic mass is 32.2. The predicted molar refractivity (Wildman–Crippen MR) is 87.9 cm³/mol. The Kier molecular flexibility index (Phi) is 5.57. The van der Waals surface area contributed by atoms with E-state index in [1.54, 1.807) is 19.1 Å². The molecule has 0 spiro atoms. The van der Waals surface area contributed by atoms with Crippen LogP contribution >= 0.6 is 0 Å². The molecule has 0 saturated carbocycles. The minimum atomic E-state index is -3.59. The Balaban J connectivity index is 2.41. The summed E-state index contributed by atoms with van der Waals surface area (Å²) in [6.45, 7) is 3.94. The summed E-state index contributed by atoms with van der Waals surface area (Å²) < 4.78 is 25.5. The van der Waals surface area contributed by atoms with E-state index in [1.165, 1.54) is 17.0 Å². The molecule has 1 aliphatic rings. The Hall–Kier alpha value is -1.69. The molecule has 1 unspecified atom stereocenters. The van der Waals surface area contributed by atoms with Crippen molar-refractivity contribution in [3.63, 3.8) is 0 Å². The van der Waals surface area contributed by atoms with Gasteiger partial charge in [-0.25, -0.2) is 8.42 Å². The molecule has 0 N–H and O–H groups in total. The van der Waals surface area contributed by atoms with E-state index in [4.69, 9.17) is 0 Å². The molecule has 1 fully saturated rings. The van der Waals surface area contributed by atoms with Gasteiger partial charge in [0.2, 0.25) is 5.91 Å². The van der Waals surface area contributed by atoms with E-state index in [0.717, 1.165) is 19.3 Å². The van der Waals surface area contributed by atoms with E-state index in [0.29, 0.717) is 19.4 Å². The van der Waals surface area contributed by atoms with Gasteiger partial charge in [0.15, 0.2) is 9.84 Å². The molecule has 0 radical (unpaired) electrons. The smallest absolute Gasteiger partial charge is 0.261 e. The van der Waals surface area contributed by atoms with Gasteiger partial charge in [0.25, 0.3) is 5.91 Å². The van der Waals surface area contributed by atoms with Gasteiger partial charge < -0.3 is 0 Å².